The molecule has 0 aliphatic heterocycles. The second-order valence-corrected chi connectivity index (χ2v) is 8.38. The molecule has 2 bridgehead atoms. The van der Waals surface area contributed by atoms with E-state index in [-0.39, 0.29) is 5.82 Å². The number of nitrogens with one attached hydrogen (secondary N) is 1. The molecule has 2 fully saturated rings. The summed E-state index contributed by atoms with van der Waals surface area (Å²) in [6.07, 6.45) is 3.98. The molecular formula is C17H23BrFN. The normalized spacial score (nSPS) is 34.6. The lowest BCUT2D eigenvalue weighted by molar-refractivity contribution is 0.107. The van der Waals surface area contributed by atoms with E-state index < -0.39 is 0 Å². The predicted molar refractivity (Wildman–Crippen MR) is 84.0 cm³/mol. The summed E-state index contributed by atoms with van der Waals surface area (Å²) in [5, 5.41) is 3.67. The Morgan fingerprint density at radius 1 is 1.35 bits per heavy atom. The van der Waals surface area contributed by atoms with Gasteiger partial charge in [-0.25, -0.2) is 4.39 Å². The van der Waals surface area contributed by atoms with Crippen LogP contribution in [-0.2, 0) is 6.54 Å². The number of rotatable bonds is 3. The first-order valence-corrected chi connectivity index (χ1v) is 8.29. The molecule has 0 saturated heterocycles. The van der Waals surface area contributed by atoms with Crippen molar-refractivity contribution in [1.29, 1.82) is 0 Å². The second kappa shape index (κ2) is 4.81. The van der Waals surface area contributed by atoms with Crippen LogP contribution in [0.5, 0.6) is 0 Å². The molecule has 110 valence electrons. The first-order chi connectivity index (χ1) is 9.33. The van der Waals surface area contributed by atoms with Crippen LogP contribution in [0, 0.1) is 22.6 Å². The van der Waals surface area contributed by atoms with Gasteiger partial charge in [0.1, 0.15) is 5.82 Å². The van der Waals surface area contributed by atoms with E-state index in [1.165, 1.54) is 19.3 Å². The topological polar surface area (TPSA) is 12.0 Å². The van der Waals surface area contributed by atoms with E-state index >= 15 is 0 Å². The largest absolute Gasteiger partial charge is 0.309 e. The molecule has 0 amide bonds. The zero-order chi connectivity index (χ0) is 14.5. The maximum absolute atomic E-state index is 13.9. The summed E-state index contributed by atoms with van der Waals surface area (Å²) in [4.78, 5) is 0. The monoisotopic (exact) mass is 339 g/mol. The van der Waals surface area contributed by atoms with E-state index in [0.717, 1.165) is 16.0 Å². The molecule has 0 radical (unpaired) electrons. The molecular weight excluding hydrogens is 317 g/mol. The molecule has 3 unspecified atom stereocenters. The van der Waals surface area contributed by atoms with E-state index in [1.54, 1.807) is 6.07 Å². The molecule has 1 aromatic carbocycles. The van der Waals surface area contributed by atoms with Crippen LogP contribution in [-0.4, -0.2) is 6.04 Å². The number of hydrogen-bond donors (Lipinski definition) is 1. The van der Waals surface area contributed by atoms with Crippen molar-refractivity contribution < 1.29 is 4.39 Å². The molecule has 3 heteroatoms. The zero-order valence-electron chi connectivity index (χ0n) is 12.5. The molecule has 0 spiro atoms. The molecule has 1 N–H and O–H groups in total. The van der Waals surface area contributed by atoms with Crippen LogP contribution in [0.4, 0.5) is 4.39 Å². The summed E-state index contributed by atoms with van der Waals surface area (Å²) in [6, 6.07) is 5.81. The maximum Gasteiger partial charge on any atom is 0.128 e. The first kappa shape index (κ1) is 14.5. The highest BCUT2D eigenvalue weighted by Gasteiger charge is 2.58. The Hall–Kier alpha value is -0.410. The molecule has 1 nitrogen and oxygen atoms in total. The number of halogens is 2. The third-order valence-corrected chi connectivity index (χ3v) is 6.27. The third kappa shape index (κ3) is 2.23. The van der Waals surface area contributed by atoms with Gasteiger partial charge in [-0.15, -0.1) is 0 Å². The summed E-state index contributed by atoms with van der Waals surface area (Å²) in [5.74, 6) is 0.692. The summed E-state index contributed by atoms with van der Waals surface area (Å²) in [7, 11) is 0. The van der Waals surface area contributed by atoms with Gasteiger partial charge >= 0.3 is 0 Å². The van der Waals surface area contributed by atoms with Crippen molar-refractivity contribution in [3.8, 4) is 0 Å². The van der Waals surface area contributed by atoms with Gasteiger partial charge < -0.3 is 5.32 Å². The van der Waals surface area contributed by atoms with Gasteiger partial charge in [-0.2, -0.15) is 0 Å². The quantitative estimate of drug-likeness (QED) is 0.826. The minimum atomic E-state index is -0.127. The predicted octanol–water partition coefficient (Wildman–Crippen LogP) is 4.89. The molecule has 20 heavy (non-hydrogen) atoms. The smallest absolute Gasteiger partial charge is 0.128 e. The van der Waals surface area contributed by atoms with Crippen LogP contribution in [0.2, 0.25) is 0 Å². The van der Waals surface area contributed by atoms with Gasteiger partial charge in [-0.1, -0.05) is 42.8 Å². The van der Waals surface area contributed by atoms with E-state index in [1.807, 2.05) is 12.1 Å². The van der Waals surface area contributed by atoms with Crippen LogP contribution in [0.25, 0.3) is 0 Å². The Bertz CT molecular complexity index is 523. The minimum Gasteiger partial charge on any atom is -0.309 e. The van der Waals surface area contributed by atoms with Gasteiger partial charge in [0.25, 0.3) is 0 Å². The molecule has 2 aliphatic carbocycles. The molecule has 1 aromatic rings. The SMILES string of the molecule is CC12CCC(C1)C(C)(C)C2NCc1ccc(Br)cc1F. The van der Waals surface area contributed by atoms with Crippen LogP contribution in [0.1, 0.15) is 45.6 Å². The van der Waals surface area contributed by atoms with Crippen LogP contribution in [0.15, 0.2) is 22.7 Å². The van der Waals surface area contributed by atoms with E-state index in [2.05, 4.69) is 42.0 Å². The number of benzene rings is 1. The molecule has 3 atom stereocenters. The Morgan fingerprint density at radius 2 is 2.10 bits per heavy atom. The lowest BCUT2D eigenvalue weighted by Crippen LogP contribution is -2.50. The molecule has 2 aliphatic rings. The lowest BCUT2D eigenvalue weighted by atomic mass is 9.68. The highest BCUT2D eigenvalue weighted by atomic mass is 79.9. The summed E-state index contributed by atoms with van der Waals surface area (Å²) in [5.41, 5.74) is 1.47. The van der Waals surface area contributed by atoms with Crippen molar-refractivity contribution in [1.82, 2.24) is 5.32 Å². The molecule has 0 aromatic heterocycles. The van der Waals surface area contributed by atoms with Crippen LogP contribution >= 0.6 is 15.9 Å². The molecule has 2 saturated carbocycles. The van der Waals surface area contributed by atoms with E-state index in [0.29, 0.717) is 23.4 Å². The maximum atomic E-state index is 13.9. The summed E-state index contributed by atoms with van der Waals surface area (Å²) in [6.45, 7) is 7.77. The molecule has 0 heterocycles. The summed E-state index contributed by atoms with van der Waals surface area (Å²) < 4.78 is 14.7. The fraction of sp³-hybridized carbons (Fsp3) is 0.647. The van der Waals surface area contributed by atoms with Crippen molar-refractivity contribution in [2.24, 2.45) is 16.7 Å². The zero-order valence-corrected chi connectivity index (χ0v) is 14.1. The average molecular weight is 340 g/mol. The van der Waals surface area contributed by atoms with Crippen molar-refractivity contribution >= 4 is 15.9 Å². The van der Waals surface area contributed by atoms with Gasteiger partial charge in [0.05, 0.1) is 0 Å². The average Bonchev–Trinajstić information content (AvgIpc) is 2.82. The van der Waals surface area contributed by atoms with Crippen molar-refractivity contribution in [2.45, 2.75) is 52.6 Å². The van der Waals surface area contributed by atoms with Crippen molar-refractivity contribution in [3.63, 3.8) is 0 Å². The van der Waals surface area contributed by atoms with E-state index in [9.17, 15) is 4.39 Å². The second-order valence-electron chi connectivity index (χ2n) is 7.46. The van der Waals surface area contributed by atoms with Gasteiger partial charge in [-0.05, 0) is 48.1 Å². The van der Waals surface area contributed by atoms with E-state index in [4.69, 9.17) is 0 Å². The Morgan fingerprint density at radius 3 is 2.70 bits per heavy atom. The highest BCUT2D eigenvalue weighted by Crippen LogP contribution is 2.62. The van der Waals surface area contributed by atoms with Crippen molar-refractivity contribution in [2.75, 3.05) is 0 Å². The standard InChI is InChI=1S/C17H23BrFN/c1-16(2)12-6-7-17(3,9-12)15(16)20-10-11-4-5-13(18)8-14(11)19/h4-5,8,12,15,20H,6-7,9-10H2,1-3H3. The Balaban J connectivity index is 1.75. The Kier molecular flexibility index (Phi) is 3.49. The number of hydrogen-bond acceptors (Lipinski definition) is 1. The van der Waals surface area contributed by atoms with Gasteiger partial charge in [0.15, 0.2) is 0 Å². The summed E-state index contributed by atoms with van der Waals surface area (Å²) >= 11 is 3.31. The van der Waals surface area contributed by atoms with Gasteiger partial charge in [0.2, 0.25) is 0 Å². The molecule has 3 rings (SSSR count). The van der Waals surface area contributed by atoms with Gasteiger partial charge in [0, 0.05) is 22.6 Å². The Labute approximate surface area is 129 Å². The number of fused-ring (bicyclic) bond motifs is 2. The fourth-order valence-electron chi connectivity index (χ4n) is 4.69. The lowest BCUT2D eigenvalue weighted by Gasteiger charge is -2.43. The highest BCUT2D eigenvalue weighted by molar-refractivity contribution is 9.10. The first-order valence-electron chi connectivity index (χ1n) is 7.50. The van der Waals surface area contributed by atoms with Crippen LogP contribution in [0.3, 0.4) is 0 Å². The van der Waals surface area contributed by atoms with Gasteiger partial charge in [-0.3, -0.25) is 0 Å². The minimum absolute atomic E-state index is 0.127. The van der Waals surface area contributed by atoms with Crippen LogP contribution < -0.4 is 5.32 Å². The fourth-order valence-corrected chi connectivity index (χ4v) is 5.02. The third-order valence-electron chi connectivity index (χ3n) is 5.78. The van der Waals surface area contributed by atoms with Crippen molar-refractivity contribution in [3.05, 3.63) is 34.1 Å².